The third-order valence-corrected chi connectivity index (χ3v) is 4.41. The number of nitrogens with zero attached hydrogens (tertiary/aromatic N) is 2. The van der Waals surface area contributed by atoms with Crippen LogP contribution in [0.3, 0.4) is 0 Å². The molecule has 0 fully saturated rings. The third kappa shape index (κ3) is 3.06. The Morgan fingerprint density at radius 1 is 1.45 bits per heavy atom. The monoisotopic (exact) mass is 297 g/mol. The fourth-order valence-corrected chi connectivity index (χ4v) is 3.14. The lowest BCUT2D eigenvalue weighted by Gasteiger charge is -2.20. The van der Waals surface area contributed by atoms with Crippen molar-refractivity contribution in [2.24, 2.45) is 0 Å². The van der Waals surface area contributed by atoms with Gasteiger partial charge in [-0.25, -0.2) is 4.98 Å². The van der Waals surface area contributed by atoms with E-state index in [1.165, 1.54) is 18.4 Å². The van der Waals surface area contributed by atoms with E-state index in [2.05, 4.69) is 23.3 Å². The van der Waals surface area contributed by atoms with Crippen LogP contribution in [0, 0.1) is 6.92 Å². The van der Waals surface area contributed by atoms with Gasteiger partial charge < -0.3 is 9.72 Å². The zero-order valence-corrected chi connectivity index (χ0v) is 13.3. The van der Waals surface area contributed by atoms with Gasteiger partial charge in [0.2, 0.25) is 5.91 Å². The summed E-state index contributed by atoms with van der Waals surface area (Å²) in [5.41, 5.74) is 4.35. The molecule has 0 radical (unpaired) electrons. The van der Waals surface area contributed by atoms with E-state index in [0.29, 0.717) is 6.42 Å². The standard InChI is InChI=1S/C18H23N3O/c1-13-7-6-10-21-16(12-19-18(13)21)11-17(22)20-14(2)15-8-4-3-5-9-15/h6-8,10,12,14H,3-5,9,11H2,1-2H3,(H,20,22). The number of aromatic nitrogens is 2. The Morgan fingerprint density at radius 3 is 3.09 bits per heavy atom. The molecule has 3 rings (SSSR count). The lowest BCUT2D eigenvalue weighted by atomic mass is 9.94. The lowest BCUT2D eigenvalue weighted by Crippen LogP contribution is -2.35. The quantitative estimate of drug-likeness (QED) is 0.881. The van der Waals surface area contributed by atoms with Crippen LogP contribution in [0.15, 0.2) is 36.2 Å². The van der Waals surface area contributed by atoms with Crippen LogP contribution in [-0.4, -0.2) is 21.3 Å². The zero-order valence-electron chi connectivity index (χ0n) is 13.3. The maximum Gasteiger partial charge on any atom is 0.226 e. The number of allylic oxidation sites excluding steroid dienone is 1. The predicted molar refractivity (Wildman–Crippen MR) is 87.8 cm³/mol. The molecular weight excluding hydrogens is 274 g/mol. The Kier molecular flexibility index (Phi) is 4.27. The van der Waals surface area contributed by atoms with Gasteiger partial charge in [0.25, 0.3) is 0 Å². The zero-order chi connectivity index (χ0) is 15.5. The van der Waals surface area contributed by atoms with Crippen molar-refractivity contribution in [2.75, 3.05) is 0 Å². The number of aryl methyl sites for hydroxylation is 1. The first-order valence-corrected chi connectivity index (χ1v) is 8.05. The van der Waals surface area contributed by atoms with Gasteiger partial charge in [-0.3, -0.25) is 4.79 Å². The van der Waals surface area contributed by atoms with E-state index < -0.39 is 0 Å². The van der Waals surface area contributed by atoms with Crippen molar-refractivity contribution in [1.82, 2.24) is 14.7 Å². The van der Waals surface area contributed by atoms with Crippen molar-refractivity contribution < 1.29 is 4.79 Å². The van der Waals surface area contributed by atoms with Crippen LogP contribution in [0.25, 0.3) is 5.65 Å². The van der Waals surface area contributed by atoms with E-state index >= 15 is 0 Å². The molecule has 1 atom stereocenters. The maximum absolute atomic E-state index is 12.3. The Hall–Kier alpha value is -2.10. The van der Waals surface area contributed by atoms with E-state index in [9.17, 15) is 4.79 Å². The van der Waals surface area contributed by atoms with Crippen molar-refractivity contribution >= 4 is 11.6 Å². The number of hydrogen-bond acceptors (Lipinski definition) is 2. The summed E-state index contributed by atoms with van der Waals surface area (Å²) in [6.07, 6.45) is 11.2. The van der Waals surface area contributed by atoms with Crippen LogP contribution < -0.4 is 5.32 Å². The first-order valence-electron chi connectivity index (χ1n) is 8.05. The Morgan fingerprint density at radius 2 is 2.32 bits per heavy atom. The number of hydrogen-bond donors (Lipinski definition) is 1. The lowest BCUT2D eigenvalue weighted by molar-refractivity contribution is -0.120. The second kappa shape index (κ2) is 6.34. The molecule has 2 heterocycles. The highest BCUT2D eigenvalue weighted by atomic mass is 16.1. The molecule has 2 aromatic heterocycles. The van der Waals surface area contributed by atoms with E-state index in [0.717, 1.165) is 29.7 Å². The van der Waals surface area contributed by atoms with Gasteiger partial charge in [0.1, 0.15) is 5.65 Å². The molecule has 22 heavy (non-hydrogen) atoms. The number of nitrogens with one attached hydrogen (secondary N) is 1. The molecule has 1 aliphatic carbocycles. The number of pyridine rings is 1. The normalized spacial score (nSPS) is 16.4. The highest BCUT2D eigenvalue weighted by Crippen LogP contribution is 2.20. The molecule has 0 saturated heterocycles. The summed E-state index contributed by atoms with van der Waals surface area (Å²) in [5.74, 6) is 0.0577. The summed E-state index contributed by atoms with van der Waals surface area (Å²) >= 11 is 0. The fraction of sp³-hybridized carbons (Fsp3) is 0.444. The minimum Gasteiger partial charge on any atom is -0.350 e. The SMILES string of the molecule is Cc1cccn2c(CC(=O)NC(C)C3=CCCCC3)cnc12. The van der Waals surface area contributed by atoms with Gasteiger partial charge in [0.15, 0.2) is 0 Å². The molecule has 1 aliphatic rings. The molecule has 1 unspecified atom stereocenters. The molecule has 0 bridgehead atoms. The Bertz CT molecular complexity index is 714. The molecule has 4 heteroatoms. The molecule has 2 aromatic rings. The van der Waals surface area contributed by atoms with E-state index in [-0.39, 0.29) is 11.9 Å². The summed E-state index contributed by atoms with van der Waals surface area (Å²) in [4.78, 5) is 16.7. The molecule has 0 saturated carbocycles. The summed E-state index contributed by atoms with van der Waals surface area (Å²) in [6.45, 7) is 4.11. The number of amides is 1. The Balaban J connectivity index is 1.68. The van der Waals surface area contributed by atoms with E-state index in [1.54, 1.807) is 6.20 Å². The number of imidazole rings is 1. The molecule has 4 nitrogen and oxygen atoms in total. The first kappa shape index (κ1) is 14.8. The summed E-state index contributed by atoms with van der Waals surface area (Å²) in [6, 6.07) is 4.15. The van der Waals surface area contributed by atoms with Crippen LogP contribution in [0.1, 0.15) is 43.9 Å². The fourth-order valence-electron chi connectivity index (χ4n) is 3.14. The molecular formula is C18H23N3O. The summed E-state index contributed by atoms with van der Waals surface area (Å²) in [7, 11) is 0. The summed E-state index contributed by atoms with van der Waals surface area (Å²) in [5, 5.41) is 3.12. The third-order valence-electron chi connectivity index (χ3n) is 4.41. The van der Waals surface area contributed by atoms with E-state index in [1.807, 2.05) is 29.7 Å². The topological polar surface area (TPSA) is 46.4 Å². The van der Waals surface area contributed by atoms with Crippen LogP contribution in [0.4, 0.5) is 0 Å². The second-order valence-electron chi connectivity index (χ2n) is 6.13. The number of carbonyl (C=O) groups is 1. The van der Waals surface area contributed by atoms with Crippen molar-refractivity contribution in [3.05, 3.63) is 47.4 Å². The highest BCUT2D eigenvalue weighted by molar-refractivity contribution is 5.79. The largest absolute Gasteiger partial charge is 0.350 e. The first-order chi connectivity index (χ1) is 10.6. The van der Waals surface area contributed by atoms with Gasteiger partial charge in [-0.05, 0) is 51.2 Å². The predicted octanol–water partition coefficient (Wildman–Crippen LogP) is 3.19. The van der Waals surface area contributed by atoms with Crippen molar-refractivity contribution in [2.45, 2.75) is 52.0 Å². The molecule has 0 aromatic carbocycles. The van der Waals surface area contributed by atoms with Crippen molar-refractivity contribution in [3.8, 4) is 0 Å². The molecule has 116 valence electrons. The second-order valence-corrected chi connectivity index (χ2v) is 6.13. The van der Waals surface area contributed by atoms with Crippen LogP contribution in [-0.2, 0) is 11.2 Å². The van der Waals surface area contributed by atoms with Gasteiger partial charge in [-0.1, -0.05) is 17.7 Å². The minimum atomic E-state index is 0.0577. The van der Waals surface area contributed by atoms with Crippen molar-refractivity contribution in [1.29, 1.82) is 0 Å². The average Bonchev–Trinajstić information content (AvgIpc) is 2.92. The summed E-state index contributed by atoms with van der Waals surface area (Å²) < 4.78 is 2.00. The smallest absolute Gasteiger partial charge is 0.226 e. The molecule has 0 aliphatic heterocycles. The van der Waals surface area contributed by atoms with Gasteiger partial charge in [0.05, 0.1) is 12.1 Å². The van der Waals surface area contributed by atoms with Crippen LogP contribution >= 0.6 is 0 Å². The Labute approximate surface area is 131 Å². The average molecular weight is 297 g/mol. The van der Waals surface area contributed by atoms with Crippen LogP contribution in [0.5, 0.6) is 0 Å². The van der Waals surface area contributed by atoms with Crippen LogP contribution in [0.2, 0.25) is 0 Å². The molecule has 0 spiro atoms. The van der Waals surface area contributed by atoms with Gasteiger partial charge >= 0.3 is 0 Å². The minimum absolute atomic E-state index is 0.0577. The highest BCUT2D eigenvalue weighted by Gasteiger charge is 2.15. The number of rotatable bonds is 4. The molecule has 1 amide bonds. The maximum atomic E-state index is 12.3. The van der Waals surface area contributed by atoms with E-state index in [4.69, 9.17) is 0 Å². The van der Waals surface area contributed by atoms with Gasteiger partial charge in [-0.2, -0.15) is 0 Å². The molecule has 1 N–H and O–H groups in total. The van der Waals surface area contributed by atoms with Crippen molar-refractivity contribution in [3.63, 3.8) is 0 Å². The van der Waals surface area contributed by atoms with Gasteiger partial charge in [-0.15, -0.1) is 0 Å². The number of fused-ring (bicyclic) bond motifs is 1. The van der Waals surface area contributed by atoms with Gasteiger partial charge in [0, 0.05) is 18.4 Å². The number of carbonyl (C=O) groups excluding carboxylic acids is 1.